The Bertz CT molecular complexity index is 1020. The number of hydrogen-bond acceptors (Lipinski definition) is 5. The molecule has 3 aromatic rings. The van der Waals surface area contributed by atoms with Gasteiger partial charge >= 0.3 is 0 Å². The van der Waals surface area contributed by atoms with Crippen molar-refractivity contribution in [3.05, 3.63) is 69.5 Å². The second kappa shape index (κ2) is 7.99. The summed E-state index contributed by atoms with van der Waals surface area (Å²) in [6, 6.07) is 9.06. The van der Waals surface area contributed by atoms with Gasteiger partial charge in [0, 0.05) is 25.2 Å². The van der Waals surface area contributed by atoms with Gasteiger partial charge in [-0.15, -0.1) is 10.2 Å². The zero-order valence-corrected chi connectivity index (χ0v) is 15.7. The molecule has 1 aromatic carbocycles. The van der Waals surface area contributed by atoms with Crippen molar-refractivity contribution >= 4 is 5.91 Å². The van der Waals surface area contributed by atoms with E-state index < -0.39 is 0 Å². The van der Waals surface area contributed by atoms with Crippen LogP contribution in [0.2, 0.25) is 0 Å². The van der Waals surface area contributed by atoms with E-state index in [4.69, 9.17) is 4.42 Å². The van der Waals surface area contributed by atoms with Crippen LogP contribution in [0.1, 0.15) is 29.5 Å². The van der Waals surface area contributed by atoms with E-state index in [0.29, 0.717) is 30.3 Å². The number of aromatic nitrogens is 3. The fourth-order valence-corrected chi connectivity index (χ4v) is 2.62. The molecule has 0 atom stereocenters. The van der Waals surface area contributed by atoms with Gasteiger partial charge in [0.05, 0.1) is 5.56 Å². The largest absolute Gasteiger partial charge is 0.421 e. The van der Waals surface area contributed by atoms with Crippen LogP contribution in [-0.2, 0) is 24.3 Å². The Kier molecular flexibility index (Phi) is 5.49. The number of pyridine rings is 1. The van der Waals surface area contributed by atoms with E-state index >= 15 is 0 Å². The summed E-state index contributed by atoms with van der Waals surface area (Å²) in [5, 5.41) is 10.7. The highest BCUT2D eigenvalue weighted by atomic mass is 16.4. The number of carbonyl (C=O) groups is 1. The number of aryl methyl sites for hydroxylation is 3. The van der Waals surface area contributed by atoms with Crippen molar-refractivity contribution in [3.63, 3.8) is 0 Å². The maximum atomic E-state index is 12.3. The van der Waals surface area contributed by atoms with Crippen LogP contribution < -0.4 is 10.9 Å². The standard InChI is InChI=1S/C20H22N4O3/c1-4-18-22-23-20(27-18)16-7-8-19(26)24(11-16)12-17(25)21-10-15-6-5-13(2)14(3)9-15/h5-9,11H,4,10,12H2,1-3H3,(H,21,25). The van der Waals surface area contributed by atoms with Crippen LogP contribution in [0.25, 0.3) is 11.5 Å². The summed E-state index contributed by atoms with van der Waals surface area (Å²) in [6.45, 7) is 6.33. The predicted octanol–water partition coefficient (Wildman–Crippen LogP) is 2.39. The molecule has 27 heavy (non-hydrogen) atoms. The minimum Gasteiger partial charge on any atom is -0.421 e. The van der Waals surface area contributed by atoms with Gasteiger partial charge in [0.15, 0.2) is 0 Å². The molecule has 2 aromatic heterocycles. The van der Waals surface area contributed by atoms with Gasteiger partial charge in [-0.3, -0.25) is 9.59 Å². The predicted molar refractivity (Wildman–Crippen MR) is 101 cm³/mol. The first-order valence-corrected chi connectivity index (χ1v) is 8.82. The molecule has 0 bridgehead atoms. The van der Waals surface area contributed by atoms with Gasteiger partial charge in [0.1, 0.15) is 6.54 Å². The number of rotatable bonds is 6. The molecule has 140 valence electrons. The number of amides is 1. The van der Waals surface area contributed by atoms with E-state index in [-0.39, 0.29) is 18.0 Å². The summed E-state index contributed by atoms with van der Waals surface area (Å²) < 4.78 is 6.84. The van der Waals surface area contributed by atoms with E-state index in [1.165, 1.54) is 21.8 Å². The monoisotopic (exact) mass is 366 g/mol. The SMILES string of the molecule is CCc1nnc(-c2ccc(=O)n(CC(=O)NCc3ccc(C)c(C)c3)c2)o1. The molecule has 1 N–H and O–H groups in total. The lowest BCUT2D eigenvalue weighted by Gasteiger charge is -2.09. The van der Waals surface area contributed by atoms with E-state index in [2.05, 4.69) is 15.5 Å². The van der Waals surface area contributed by atoms with Gasteiger partial charge in [0.2, 0.25) is 17.7 Å². The highest BCUT2D eigenvalue weighted by Crippen LogP contribution is 2.16. The zero-order valence-electron chi connectivity index (χ0n) is 15.7. The summed E-state index contributed by atoms with van der Waals surface area (Å²) in [5.41, 5.74) is 3.74. The Morgan fingerprint density at radius 1 is 1.15 bits per heavy atom. The quantitative estimate of drug-likeness (QED) is 0.723. The van der Waals surface area contributed by atoms with E-state index in [9.17, 15) is 9.59 Å². The Morgan fingerprint density at radius 2 is 1.96 bits per heavy atom. The first-order chi connectivity index (χ1) is 13.0. The normalized spacial score (nSPS) is 10.8. The molecule has 3 rings (SSSR count). The van der Waals surface area contributed by atoms with E-state index in [0.717, 1.165) is 5.56 Å². The van der Waals surface area contributed by atoms with Crippen LogP contribution in [0.5, 0.6) is 0 Å². The van der Waals surface area contributed by atoms with Crippen LogP contribution in [0, 0.1) is 13.8 Å². The second-order valence-corrected chi connectivity index (χ2v) is 6.43. The average molecular weight is 366 g/mol. The van der Waals surface area contributed by atoms with Crippen molar-refractivity contribution in [3.8, 4) is 11.5 Å². The van der Waals surface area contributed by atoms with Crippen molar-refractivity contribution in [1.82, 2.24) is 20.1 Å². The Balaban J connectivity index is 1.68. The second-order valence-electron chi connectivity index (χ2n) is 6.43. The van der Waals surface area contributed by atoms with Gasteiger partial charge in [-0.2, -0.15) is 0 Å². The Labute approximate surface area is 157 Å². The molecule has 0 radical (unpaired) electrons. The first-order valence-electron chi connectivity index (χ1n) is 8.82. The van der Waals surface area contributed by atoms with Gasteiger partial charge < -0.3 is 14.3 Å². The van der Waals surface area contributed by atoms with Crippen molar-refractivity contribution in [2.75, 3.05) is 0 Å². The topological polar surface area (TPSA) is 90.0 Å². The first kappa shape index (κ1) is 18.6. The number of hydrogen-bond donors (Lipinski definition) is 1. The van der Waals surface area contributed by atoms with Gasteiger partial charge in [-0.05, 0) is 36.6 Å². The molecule has 0 fully saturated rings. The molecule has 7 nitrogen and oxygen atoms in total. The molecule has 0 unspecified atom stereocenters. The molecular weight excluding hydrogens is 344 g/mol. The summed E-state index contributed by atoms with van der Waals surface area (Å²) >= 11 is 0. The molecule has 0 aliphatic heterocycles. The summed E-state index contributed by atoms with van der Waals surface area (Å²) in [7, 11) is 0. The van der Waals surface area contributed by atoms with Crippen LogP contribution in [-0.4, -0.2) is 20.7 Å². The highest BCUT2D eigenvalue weighted by molar-refractivity contribution is 5.75. The number of nitrogens with zero attached hydrogens (tertiary/aromatic N) is 3. The minimum atomic E-state index is -0.268. The minimum absolute atomic E-state index is 0.0771. The van der Waals surface area contributed by atoms with Crippen molar-refractivity contribution in [2.24, 2.45) is 0 Å². The molecule has 0 spiro atoms. The third kappa shape index (κ3) is 4.49. The van der Waals surface area contributed by atoms with Crippen LogP contribution in [0.4, 0.5) is 0 Å². The maximum absolute atomic E-state index is 12.3. The van der Waals surface area contributed by atoms with Crippen molar-refractivity contribution in [2.45, 2.75) is 40.3 Å². The van der Waals surface area contributed by atoms with Crippen molar-refractivity contribution < 1.29 is 9.21 Å². The molecule has 0 saturated heterocycles. The molecule has 1 amide bonds. The van der Waals surface area contributed by atoms with Gasteiger partial charge in [-0.25, -0.2) is 0 Å². The van der Waals surface area contributed by atoms with Gasteiger partial charge in [0.25, 0.3) is 5.56 Å². The molecule has 0 aliphatic carbocycles. The molecule has 2 heterocycles. The molecule has 0 aliphatic rings. The van der Waals surface area contributed by atoms with Gasteiger partial charge in [-0.1, -0.05) is 25.1 Å². The number of nitrogens with one attached hydrogen (secondary N) is 1. The van der Waals surface area contributed by atoms with Crippen LogP contribution in [0.15, 0.2) is 45.7 Å². The molecule has 7 heteroatoms. The lowest BCUT2D eigenvalue weighted by Crippen LogP contribution is -2.31. The fraction of sp³-hybridized carbons (Fsp3) is 0.300. The molecular formula is C20H22N4O3. The van der Waals surface area contributed by atoms with Crippen LogP contribution in [0.3, 0.4) is 0 Å². The smallest absolute Gasteiger partial charge is 0.251 e. The molecule has 0 saturated carbocycles. The Hall–Kier alpha value is -3.22. The van der Waals surface area contributed by atoms with Crippen LogP contribution >= 0.6 is 0 Å². The lowest BCUT2D eigenvalue weighted by molar-refractivity contribution is -0.121. The highest BCUT2D eigenvalue weighted by Gasteiger charge is 2.11. The number of benzene rings is 1. The summed E-state index contributed by atoms with van der Waals surface area (Å²) in [4.78, 5) is 24.3. The fourth-order valence-electron chi connectivity index (χ4n) is 2.62. The average Bonchev–Trinajstić information content (AvgIpc) is 3.14. The van der Waals surface area contributed by atoms with E-state index in [1.54, 1.807) is 12.3 Å². The maximum Gasteiger partial charge on any atom is 0.251 e. The zero-order chi connectivity index (χ0) is 19.4. The summed E-state index contributed by atoms with van der Waals surface area (Å²) in [6.07, 6.45) is 2.19. The summed E-state index contributed by atoms with van der Waals surface area (Å²) in [5.74, 6) is 0.609. The van der Waals surface area contributed by atoms with E-state index in [1.807, 2.05) is 39.0 Å². The lowest BCUT2D eigenvalue weighted by atomic mass is 10.1. The van der Waals surface area contributed by atoms with Crippen molar-refractivity contribution in [1.29, 1.82) is 0 Å². The third-order valence-electron chi connectivity index (χ3n) is 4.37. The third-order valence-corrected chi connectivity index (χ3v) is 4.37. The number of carbonyl (C=O) groups excluding carboxylic acids is 1. The Morgan fingerprint density at radius 3 is 2.67 bits per heavy atom.